The summed E-state index contributed by atoms with van der Waals surface area (Å²) in [5, 5.41) is 7.18. The van der Waals surface area contributed by atoms with Gasteiger partial charge in [0, 0.05) is 39.3 Å². The van der Waals surface area contributed by atoms with Crippen LogP contribution in [0.1, 0.15) is 38.3 Å². The van der Waals surface area contributed by atoms with Gasteiger partial charge in [0.25, 0.3) is 0 Å². The van der Waals surface area contributed by atoms with Crippen LogP contribution in [0.4, 0.5) is 0 Å². The van der Waals surface area contributed by atoms with E-state index in [1.165, 1.54) is 18.4 Å². The maximum absolute atomic E-state index is 5.54. The Hall–Kier alpha value is -1.83. The van der Waals surface area contributed by atoms with Gasteiger partial charge in [-0.3, -0.25) is 14.8 Å². The Morgan fingerprint density at radius 2 is 1.65 bits per heavy atom. The van der Waals surface area contributed by atoms with Gasteiger partial charge in [-0.15, -0.1) is 0 Å². The minimum atomic E-state index is 0.326. The highest BCUT2D eigenvalue weighted by Crippen LogP contribution is 2.26. The Bertz CT molecular complexity index is 667. The van der Waals surface area contributed by atoms with Crippen LogP contribution in [0.5, 0.6) is 5.75 Å². The molecule has 2 fully saturated rings. The Kier molecular flexibility index (Phi) is 9.43. The third kappa shape index (κ3) is 6.82. The van der Waals surface area contributed by atoms with Gasteiger partial charge in [-0.25, -0.2) is 0 Å². The SMILES string of the molecule is CN=C(NCC(c1ccc(OC)cc1)N1CCCC1)NCC(C(C)C)N1CCOCC1. The van der Waals surface area contributed by atoms with Crippen molar-refractivity contribution in [2.24, 2.45) is 10.9 Å². The largest absolute Gasteiger partial charge is 0.497 e. The average Bonchev–Trinajstić information content (AvgIpc) is 3.33. The molecule has 0 bridgehead atoms. The maximum Gasteiger partial charge on any atom is 0.191 e. The lowest BCUT2D eigenvalue weighted by Crippen LogP contribution is -2.53. The first-order valence-electron chi connectivity index (χ1n) is 11.8. The number of likely N-dealkylation sites (tertiary alicyclic amines) is 1. The predicted molar refractivity (Wildman–Crippen MR) is 127 cm³/mol. The quantitative estimate of drug-likeness (QED) is 0.462. The van der Waals surface area contributed by atoms with E-state index in [0.717, 1.165) is 64.2 Å². The van der Waals surface area contributed by atoms with E-state index in [-0.39, 0.29) is 0 Å². The lowest BCUT2D eigenvalue weighted by atomic mass is 10.0. The molecule has 1 aromatic rings. The molecule has 2 aliphatic rings. The lowest BCUT2D eigenvalue weighted by molar-refractivity contribution is 0.00752. The fourth-order valence-corrected chi connectivity index (χ4v) is 4.65. The summed E-state index contributed by atoms with van der Waals surface area (Å²) >= 11 is 0. The van der Waals surface area contributed by atoms with Gasteiger partial charge in [-0.05, 0) is 49.5 Å². The second-order valence-corrected chi connectivity index (χ2v) is 8.83. The highest BCUT2D eigenvalue weighted by Gasteiger charge is 2.25. The molecular weight excluding hydrogens is 390 g/mol. The molecule has 7 heteroatoms. The van der Waals surface area contributed by atoms with E-state index in [1.54, 1.807) is 7.11 Å². The zero-order valence-electron chi connectivity index (χ0n) is 19.8. The molecular formula is C24H41N5O2. The molecule has 2 atom stereocenters. The first-order chi connectivity index (χ1) is 15.1. The van der Waals surface area contributed by atoms with Crippen LogP contribution < -0.4 is 15.4 Å². The number of nitrogens with zero attached hydrogens (tertiary/aromatic N) is 3. The number of aliphatic imine (C=N–C) groups is 1. The van der Waals surface area contributed by atoms with Crippen molar-refractivity contribution in [3.05, 3.63) is 29.8 Å². The maximum atomic E-state index is 5.54. The van der Waals surface area contributed by atoms with Crippen LogP contribution in [0, 0.1) is 5.92 Å². The summed E-state index contributed by atoms with van der Waals surface area (Å²) in [5.74, 6) is 2.34. The number of hydrogen-bond acceptors (Lipinski definition) is 5. The summed E-state index contributed by atoms with van der Waals surface area (Å²) in [6.45, 7) is 12.3. The van der Waals surface area contributed by atoms with Crippen molar-refractivity contribution < 1.29 is 9.47 Å². The molecule has 0 aliphatic carbocycles. The van der Waals surface area contributed by atoms with Crippen molar-refractivity contribution in [1.82, 2.24) is 20.4 Å². The number of methoxy groups -OCH3 is 1. The number of nitrogens with one attached hydrogen (secondary N) is 2. The number of ether oxygens (including phenoxy) is 2. The second-order valence-electron chi connectivity index (χ2n) is 8.83. The zero-order chi connectivity index (χ0) is 22.1. The van der Waals surface area contributed by atoms with E-state index in [0.29, 0.717) is 18.0 Å². The van der Waals surface area contributed by atoms with E-state index in [2.05, 4.69) is 63.5 Å². The van der Waals surface area contributed by atoms with Crippen molar-refractivity contribution in [2.75, 3.05) is 66.6 Å². The summed E-state index contributed by atoms with van der Waals surface area (Å²) in [7, 11) is 3.57. The molecule has 2 unspecified atom stereocenters. The third-order valence-electron chi connectivity index (χ3n) is 6.53. The van der Waals surface area contributed by atoms with E-state index >= 15 is 0 Å². The molecule has 174 valence electrons. The molecule has 2 heterocycles. The molecule has 31 heavy (non-hydrogen) atoms. The third-order valence-corrected chi connectivity index (χ3v) is 6.53. The summed E-state index contributed by atoms with van der Waals surface area (Å²) in [6, 6.07) is 9.28. The molecule has 3 rings (SSSR count). The normalized spacial score (nSPS) is 20.6. The topological polar surface area (TPSA) is 61.4 Å². The molecule has 0 aromatic heterocycles. The Labute approximate surface area is 188 Å². The van der Waals surface area contributed by atoms with Gasteiger partial charge in [0.2, 0.25) is 0 Å². The van der Waals surface area contributed by atoms with Gasteiger partial charge < -0.3 is 20.1 Å². The van der Waals surface area contributed by atoms with Crippen LogP contribution in [-0.4, -0.2) is 88.4 Å². The van der Waals surface area contributed by atoms with Crippen LogP contribution in [0.25, 0.3) is 0 Å². The summed E-state index contributed by atoms with van der Waals surface area (Å²) in [5.41, 5.74) is 1.32. The molecule has 0 radical (unpaired) electrons. The molecule has 2 aliphatic heterocycles. The van der Waals surface area contributed by atoms with Crippen molar-refractivity contribution in [1.29, 1.82) is 0 Å². The smallest absolute Gasteiger partial charge is 0.191 e. The number of guanidine groups is 1. The zero-order valence-corrected chi connectivity index (χ0v) is 19.8. The summed E-state index contributed by atoms with van der Waals surface area (Å²) in [4.78, 5) is 9.61. The van der Waals surface area contributed by atoms with Gasteiger partial charge in [0.15, 0.2) is 5.96 Å². The Morgan fingerprint density at radius 1 is 1.00 bits per heavy atom. The van der Waals surface area contributed by atoms with Crippen LogP contribution >= 0.6 is 0 Å². The molecule has 0 saturated carbocycles. The van der Waals surface area contributed by atoms with Gasteiger partial charge in [-0.1, -0.05) is 26.0 Å². The highest BCUT2D eigenvalue weighted by atomic mass is 16.5. The fourth-order valence-electron chi connectivity index (χ4n) is 4.65. The van der Waals surface area contributed by atoms with Gasteiger partial charge in [0.05, 0.1) is 26.4 Å². The molecule has 2 saturated heterocycles. The Morgan fingerprint density at radius 3 is 2.23 bits per heavy atom. The van der Waals surface area contributed by atoms with Gasteiger partial charge in [-0.2, -0.15) is 0 Å². The van der Waals surface area contributed by atoms with Crippen LogP contribution in [-0.2, 0) is 4.74 Å². The molecule has 0 amide bonds. The van der Waals surface area contributed by atoms with Gasteiger partial charge >= 0.3 is 0 Å². The first-order valence-corrected chi connectivity index (χ1v) is 11.8. The van der Waals surface area contributed by atoms with E-state index in [9.17, 15) is 0 Å². The highest BCUT2D eigenvalue weighted by molar-refractivity contribution is 5.79. The van der Waals surface area contributed by atoms with Crippen LogP contribution in [0.2, 0.25) is 0 Å². The summed E-state index contributed by atoms with van der Waals surface area (Å²) in [6.07, 6.45) is 2.55. The van der Waals surface area contributed by atoms with Crippen molar-refractivity contribution in [3.63, 3.8) is 0 Å². The summed E-state index contributed by atoms with van der Waals surface area (Å²) < 4.78 is 10.9. The number of hydrogen-bond donors (Lipinski definition) is 2. The van der Waals surface area contributed by atoms with Crippen LogP contribution in [0.15, 0.2) is 29.3 Å². The van der Waals surface area contributed by atoms with Crippen LogP contribution in [0.3, 0.4) is 0 Å². The molecule has 1 aromatic carbocycles. The average molecular weight is 432 g/mol. The second kappa shape index (κ2) is 12.3. The fraction of sp³-hybridized carbons (Fsp3) is 0.708. The minimum Gasteiger partial charge on any atom is -0.497 e. The van der Waals surface area contributed by atoms with E-state index in [1.807, 2.05) is 7.05 Å². The number of rotatable bonds is 9. The number of benzene rings is 1. The van der Waals surface area contributed by atoms with Crippen molar-refractivity contribution >= 4 is 5.96 Å². The van der Waals surface area contributed by atoms with Gasteiger partial charge in [0.1, 0.15) is 5.75 Å². The van der Waals surface area contributed by atoms with E-state index < -0.39 is 0 Å². The minimum absolute atomic E-state index is 0.326. The molecule has 0 spiro atoms. The number of morpholine rings is 1. The first kappa shape index (κ1) is 23.8. The predicted octanol–water partition coefficient (Wildman–Crippen LogP) is 2.35. The Balaban J connectivity index is 1.59. The van der Waals surface area contributed by atoms with E-state index in [4.69, 9.17) is 9.47 Å². The van der Waals surface area contributed by atoms with Crippen molar-refractivity contribution in [3.8, 4) is 5.75 Å². The lowest BCUT2D eigenvalue weighted by Gasteiger charge is -2.37. The molecule has 7 nitrogen and oxygen atoms in total. The molecule has 2 N–H and O–H groups in total. The standard InChI is InChI=1S/C24H41N5O2/c1-19(2)22(29-13-15-31-16-14-29)17-26-24(25-3)27-18-23(28-11-5-6-12-28)20-7-9-21(30-4)10-8-20/h7-10,19,22-23H,5-6,11-18H2,1-4H3,(H2,25,26,27). The van der Waals surface area contributed by atoms with Crippen molar-refractivity contribution in [2.45, 2.75) is 38.8 Å². The monoisotopic (exact) mass is 431 g/mol.